The Hall–Kier alpha value is -2.11. The van der Waals surface area contributed by atoms with Gasteiger partial charge in [-0.1, -0.05) is 20.8 Å². The maximum Gasteiger partial charge on any atom is 0.228 e. The van der Waals surface area contributed by atoms with Gasteiger partial charge < -0.3 is 14.5 Å². The second-order valence-corrected chi connectivity index (χ2v) is 6.98. The van der Waals surface area contributed by atoms with E-state index in [1.54, 1.807) is 4.90 Å². The molecule has 0 aliphatic carbocycles. The van der Waals surface area contributed by atoms with Crippen LogP contribution in [0.25, 0.3) is 0 Å². The van der Waals surface area contributed by atoms with Crippen LogP contribution in [-0.2, 0) is 9.59 Å². The average Bonchev–Trinajstić information content (AvgIpc) is 2.55. The van der Waals surface area contributed by atoms with Gasteiger partial charge in [-0.15, -0.1) is 0 Å². The fraction of sp³-hybridized carbons (Fsp3) is 0.556. The third-order valence-corrected chi connectivity index (χ3v) is 3.96. The summed E-state index contributed by atoms with van der Waals surface area (Å²) in [5.41, 5.74) is -0.394. The highest BCUT2D eigenvalue weighted by molar-refractivity contribution is 5.82. The van der Waals surface area contributed by atoms with Gasteiger partial charge in [0, 0.05) is 31.6 Å². The average molecular weight is 336 g/mol. The summed E-state index contributed by atoms with van der Waals surface area (Å²) >= 11 is 0. The highest BCUT2D eigenvalue weighted by Crippen LogP contribution is 2.19. The molecule has 0 radical (unpaired) electrons. The molecule has 1 heterocycles. The number of piperazine rings is 1. The third kappa shape index (κ3) is 4.94. The van der Waals surface area contributed by atoms with E-state index in [4.69, 9.17) is 4.74 Å². The Morgan fingerprint density at radius 2 is 1.58 bits per heavy atom. The predicted molar refractivity (Wildman–Crippen MR) is 89.1 cm³/mol. The summed E-state index contributed by atoms with van der Waals surface area (Å²) in [5, 5.41) is 0. The first kappa shape index (κ1) is 18.2. The number of carbonyl (C=O) groups excluding carboxylic acids is 2. The Bertz CT molecular complexity index is 573. The van der Waals surface area contributed by atoms with E-state index in [-0.39, 0.29) is 30.7 Å². The molecule has 2 amide bonds. The molecule has 0 bridgehead atoms. The zero-order chi connectivity index (χ0) is 17.7. The smallest absolute Gasteiger partial charge is 0.228 e. The summed E-state index contributed by atoms with van der Waals surface area (Å²) < 4.78 is 18.2. The Morgan fingerprint density at radius 3 is 2.12 bits per heavy atom. The van der Waals surface area contributed by atoms with Crippen molar-refractivity contribution in [2.45, 2.75) is 27.2 Å². The number of amides is 2. The van der Waals surface area contributed by atoms with Crippen molar-refractivity contribution in [3.8, 4) is 5.75 Å². The second-order valence-electron chi connectivity index (χ2n) is 6.98. The van der Waals surface area contributed by atoms with Gasteiger partial charge in [0.1, 0.15) is 11.6 Å². The molecule has 1 aromatic rings. The van der Waals surface area contributed by atoms with Crippen LogP contribution in [-0.4, -0.2) is 54.4 Å². The molecule has 0 aromatic heterocycles. The number of halogens is 1. The van der Waals surface area contributed by atoms with Crippen molar-refractivity contribution in [3.05, 3.63) is 30.1 Å². The summed E-state index contributed by atoms with van der Waals surface area (Å²) in [6.07, 6.45) is 0.268. The molecular formula is C18H25FN2O3. The molecule has 1 aliphatic rings. The van der Waals surface area contributed by atoms with Gasteiger partial charge in [-0.3, -0.25) is 9.59 Å². The lowest BCUT2D eigenvalue weighted by molar-refractivity contribution is -0.145. The molecule has 1 aromatic carbocycles. The third-order valence-electron chi connectivity index (χ3n) is 3.96. The Labute approximate surface area is 142 Å². The molecule has 0 atom stereocenters. The summed E-state index contributed by atoms with van der Waals surface area (Å²) in [5.74, 6) is 0.361. The fourth-order valence-corrected chi connectivity index (χ4v) is 2.58. The quantitative estimate of drug-likeness (QED) is 0.848. The maximum absolute atomic E-state index is 12.8. The monoisotopic (exact) mass is 336 g/mol. The largest absolute Gasteiger partial charge is 0.493 e. The molecule has 1 saturated heterocycles. The van der Waals surface area contributed by atoms with Crippen molar-refractivity contribution < 1.29 is 18.7 Å². The van der Waals surface area contributed by atoms with E-state index in [1.165, 1.54) is 24.3 Å². The molecule has 0 saturated carbocycles. The van der Waals surface area contributed by atoms with Crippen LogP contribution in [0, 0.1) is 11.2 Å². The van der Waals surface area contributed by atoms with Crippen molar-refractivity contribution in [1.29, 1.82) is 0 Å². The first-order valence-electron chi connectivity index (χ1n) is 8.23. The Kier molecular flexibility index (Phi) is 5.80. The standard InChI is InChI=1S/C18H25FN2O3/c1-18(2,3)17(23)21-11-9-20(10-12-21)16(22)8-13-24-15-6-4-14(19)5-7-15/h4-7H,8-13H2,1-3H3. The van der Waals surface area contributed by atoms with Crippen LogP contribution in [0.5, 0.6) is 5.75 Å². The van der Waals surface area contributed by atoms with Gasteiger partial charge in [0.25, 0.3) is 0 Å². The van der Waals surface area contributed by atoms with Crippen molar-refractivity contribution >= 4 is 11.8 Å². The van der Waals surface area contributed by atoms with Gasteiger partial charge in [0.05, 0.1) is 13.0 Å². The minimum atomic E-state index is -0.394. The summed E-state index contributed by atoms with van der Waals surface area (Å²) in [6.45, 7) is 8.21. The van der Waals surface area contributed by atoms with Gasteiger partial charge in [-0.2, -0.15) is 0 Å². The minimum Gasteiger partial charge on any atom is -0.493 e. The topological polar surface area (TPSA) is 49.9 Å². The SMILES string of the molecule is CC(C)(C)C(=O)N1CCN(C(=O)CCOc2ccc(F)cc2)CC1. The van der Waals surface area contributed by atoms with Crippen molar-refractivity contribution in [1.82, 2.24) is 9.80 Å². The van der Waals surface area contributed by atoms with Crippen molar-refractivity contribution in [2.24, 2.45) is 5.41 Å². The van der Waals surface area contributed by atoms with Gasteiger partial charge in [-0.05, 0) is 24.3 Å². The highest BCUT2D eigenvalue weighted by atomic mass is 19.1. The zero-order valence-electron chi connectivity index (χ0n) is 14.5. The predicted octanol–water partition coefficient (Wildman–Crippen LogP) is 2.31. The van der Waals surface area contributed by atoms with Crippen molar-refractivity contribution in [3.63, 3.8) is 0 Å². The lowest BCUT2D eigenvalue weighted by atomic mass is 9.94. The first-order valence-corrected chi connectivity index (χ1v) is 8.23. The van der Waals surface area contributed by atoms with Crippen LogP contribution >= 0.6 is 0 Å². The van der Waals surface area contributed by atoms with Gasteiger partial charge in [-0.25, -0.2) is 4.39 Å². The molecule has 6 heteroatoms. The molecule has 0 N–H and O–H groups in total. The second kappa shape index (κ2) is 7.64. The number of rotatable bonds is 4. The van der Waals surface area contributed by atoms with Gasteiger partial charge in [0.2, 0.25) is 11.8 Å². The van der Waals surface area contributed by atoms with Crippen LogP contribution < -0.4 is 4.74 Å². The summed E-state index contributed by atoms with van der Waals surface area (Å²) in [6, 6.07) is 5.72. The minimum absolute atomic E-state index is 0.0139. The van der Waals surface area contributed by atoms with E-state index >= 15 is 0 Å². The van der Waals surface area contributed by atoms with Gasteiger partial charge in [0.15, 0.2) is 0 Å². The van der Waals surface area contributed by atoms with E-state index in [1.807, 2.05) is 25.7 Å². The summed E-state index contributed by atoms with van der Waals surface area (Å²) in [7, 11) is 0. The Balaban J connectivity index is 1.73. The molecule has 24 heavy (non-hydrogen) atoms. The van der Waals surface area contributed by atoms with E-state index in [2.05, 4.69) is 0 Å². The zero-order valence-corrected chi connectivity index (χ0v) is 14.5. The number of hydrogen-bond donors (Lipinski definition) is 0. The molecule has 2 rings (SSSR count). The number of benzene rings is 1. The van der Waals surface area contributed by atoms with E-state index < -0.39 is 5.41 Å². The maximum atomic E-state index is 12.8. The summed E-state index contributed by atoms with van der Waals surface area (Å²) in [4.78, 5) is 28.0. The van der Waals surface area contributed by atoms with Gasteiger partial charge >= 0.3 is 0 Å². The first-order chi connectivity index (χ1) is 11.3. The van der Waals surface area contributed by atoms with E-state index in [0.29, 0.717) is 31.9 Å². The molecule has 1 fully saturated rings. The van der Waals surface area contributed by atoms with Crippen LogP contribution in [0.1, 0.15) is 27.2 Å². The molecule has 1 aliphatic heterocycles. The van der Waals surface area contributed by atoms with Crippen LogP contribution in [0.15, 0.2) is 24.3 Å². The van der Waals surface area contributed by atoms with Crippen LogP contribution in [0.2, 0.25) is 0 Å². The van der Waals surface area contributed by atoms with Crippen LogP contribution in [0.4, 0.5) is 4.39 Å². The van der Waals surface area contributed by atoms with Crippen molar-refractivity contribution in [2.75, 3.05) is 32.8 Å². The lowest BCUT2D eigenvalue weighted by Crippen LogP contribution is -2.53. The van der Waals surface area contributed by atoms with E-state index in [0.717, 1.165) is 0 Å². The number of ether oxygens (including phenoxy) is 1. The van der Waals surface area contributed by atoms with Crippen LogP contribution in [0.3, 0.4) is 0 Å². The highest BCUT2D eigenvalue weighted by Gasteiger charge is 2.30. The van der Waals surface area contributed by atoms with E-state index in [9.17, 15) is 14.0 Å². The molecule has 0 unspecified atom stereocenters. The number of hydrogen-bond acceptors (Lipinski definition) is 3. The lowest BCUT2D eigenvalue weighted by Gasteiger charge is -2.37. The Morgan fingerprint density at radius 1 is 1.04 bits per heavy atom. The molecular weight excluding hydrogens is 311 g/mol. The normalized spacial score (nSPS) is 15.3. The fourth-order valence-electron chi connectivity index (χ4n) is 2.58. The molecule has 132 valence electrons. The molecule has 0 spiro atoms. The number of nitrogens with zero attached hydrogens (tertiary/aromatic N) is 2. The molecule has 5 nitrogen and oxygen atoms in total. The number of carbonyl (C=O) groups is 2.